The van der Waals surface area contributed by atoms with Crippen molar-refractivity contribution in [2.24, 2.45) is 0 Å². The predicted octanol–water partition coefficient (Wildman–Crippen LogP) is 2.19. The van der Waals surface area contributed by atoms with Gasteiger partial charge >= 0.3 is 0 Å². The number of hydrogen-bond donors (Lipinski definition) is 1. The van der Waals surface area contributed by atoms with Crippen molar-refractivity contribution in [1.82, 2.24) is 15.0 Å². The summed E-state index contributed by atoms with van der Waals surface area (Å²) in [6, 6.07) is 1.79. The van der Waals surface area contributed by atoms with Crippen molar-refractivity contribution in [2.45, 2.75) is 26.2 Å². The van der Waals surface area contributed by atoms with Gasteiger partial charge in [0.25, 0.3) is 0 Å². The molecule has 0 aliphatic carbocycles. The maximum Gasteiger partial charge on any atom is 0.240 e. The molecule has 3 heterocycles. The molecule has 0 unspecified atom stereocenters. The van der Waals surface area contributed by atoms with Gasteiger partial charge in [0.2, 0.25) is 11.8 Å². The Morgan fingerprint density at radius 2 is 2.08 bits per heavy atom. The van der Waals surface area contributed by atoms with Crippen molar-refractivity contribution in [3.05, 3.63) is 23.3 Å². The minimum Gasteiger partial charge on any atom is -0.346 e. The van der Waals surface area contributed by atoms with Crippen LogP contribution in [-0.2, 0) is 10.2 Å². The summed E-state index contributed by atoms with van der Waals surface area (Å²) in [5, 5.41) is 9.83. The van der Waals surface area contributed by atoms with Crippen molar-refractivity contribution in [1.29, 1.82) is 0 Å². The number of aromatic nitrogens is 2. The van der Waals surface area contributed by atoms with Gasteiger partial charge < -0.3 is 9.42 Å². The fraction of sp³-hybridized carbons (Fsp3) is 0.562. The number of hydrogen-bond acceptors (Lipinski definition) is 7. The Morgan fingerprint density at radius 3 is 2.67 bits per heavy atom. The molecule has 8 heteroatoms. The van der Waals surface area contributed by atoms with Gasteiger partial charge in [0.05, 0.1) is 12.2 Å². The Labute approximate surface area is 145 Å². The molecule has 0 saturated carbocycles. The SMILES string of the molecule is CC(C)(C)c1cc(NC(=O)CN2CCN(c3nccs3)CC2)on1. The van der Waals surface area contributed by atoms with Crippen molar-refractivity contribution >= 4 is 28.3 Å². The summed E-state index contributed by atoms with van der Waals surface area (Å²) in [5.41, 5.74) is 0.730. The van der Waals surface area contributed by atoms with Crippen molar-refractivity contribution in [3.8, 4) is 0 Å². The molecule has 24 heavy (non-hydrogen) atoms. The lowest BCUT2D eigenvalue weighted by atomic mass is 9.92. The molecule has 2 aromatic heterocycles. The smallest absolute Gasteiger partial charge is 0.240 e. The van der Waals surface area contributed by atoms with Gasteiger partial charge in [-0.3, -0.25) is 15.0 Å². The monoisotopic (exact) mass is 349 g/mol. The highest BCUT2D eigenvalue weighted by Crippen LogP contribution is 2.23. The van der Waals surface area contributed by atoms with Crippen LogP contribution in [0.25, 0.3) is 0 Å². The maximum absolute atomic E-state index is 12.2. The number of anilines is 2. The molecule has 2 aromatic rings. The number of amides is 1. The van der Waals surface area contributed by atoms with Gasteiger partial charge in [0, 0.05) is 49.2 Å². The van der Waals surface area contributed by atoms with E-state index in [1.54, 1.807) is 17.4 Å². The van der Waals surface area contributed by atoms with Crippen molar-refractivity contribution in [2.75, 3.05) is 42.9 Å². The Balaban J connectivity index is 1.47. The number of thiazole rings is 1. The Bertz CT molecular complexity index is 669. The van der Waals surface area contributed by atoms with E-state index in [2.05, 4.69) is 46.0 Å². The minimum absolute atomic E-state index is 0.0747. The summed E-state index contributed by atoms with van der Waals surface area (Å²) in [5.74, 6) is 0.334. The van der Waals surface area contributed by atoms with E-state index < -0.39 is 0 Å². The van der Waals surface area contributed by atoms with E-state index in [1.807, 2.05) is 11.6 Å². The standard InChI is InChI=1S/C16H23N5O2S/c1-16(2,3)12-10-14(23-19-12)18-13(22)11-20-5-7-21(8-6-20)15-17-4-9-24-15/h4,9-10H,5-8,11H2,1-3H3,(H,18,22). The summed E-state index contributed by atoms with van der Waals surface area (Å²) in [6.07, 6.45) is 1.82. The van der Waals surface area contributed by atoms with Crippen LogP contribution in [0.2, 0.25) is 0 Å². The molecule has 0 radical (unpaired) electrons. The Hall–Kier alpha value is -1.93. The van der Waals surface area contributed by atoms with Gasteiger partial charge in [-0.1, -0.05) is 25.9 Å². The van der Waals surface area contributed by atoms with Crippen molar-refractivity contribution in [3.63, 3.8) is 0 Å². The fourth-order valence-electron chi connectivity index (χ4n) is 2.54. The summed E-state index contributed by atoms with van der Waals surface area (Å²) >= 11 is 1.65. The molecule has 0 aromatic carbocycles. The summed E-state index contributed by atoms with van der Waals surface area (Å²) in [7, 11) is 0. The topological polar surface area (TPSA) is 74.5 Å². The average Bonchev–Trinajstić information content (AvgIpc) is 3.18. The summed E-state index contributed by atoms with van der Waals surface area (Å²) in [4.78, 5) is 20.9. The second kappa shape index (κ2) is 6.90. The average molecular weight is 349 g/mol. The molecule has 1 saturated heterocycles. The zero-order chi connectivity index (χ0) is 17.2. The second-order valence-electron chi connectivity index (χ2n) is 6.95. The number of piperazine rings is 1. The largest absolute Gasteiger partial charge is 0.346 e. The van der Waals surface area contributed by atoms with Crippen LogP contribution in [-0.4, -0.2) is 53.7 Å². The summed E-state index contributed by atoms with van der Waals surface area (Å²) in [6.45, 7) is 9.98. The predicted molar refractivity (Wildman–Crippen MR) is 94.6 cm³/mol. The third-order valence-electron chi connectivity index (χ3n) is 3.97. The van der Waals surface area contributed by atoms with Gasteiger partial charge in [0.15, 0.2) is 5.13 Å². The molecule has 1 N–H and O–H groups in total. The van der Waals surface area contributed by atoms with Crippen LogP contribution in [0.5, 0.6) is 0 Å². The molecule has 1 fully saturated rings. The highest BCUT2D eigenvalue weighted by molar-refractivity contribution is 7.13. The molecule has 7 nitrogen and oxygen atoms in total. The van der Waals surface area contributed by atoms with Crippen LogP contribution < -0.4 is 10.2 Å². The van der Waals surface area contributed by atoms with E-state index >= 15 is 0 Å². The molecule has 0 spiro atoms. The quantitative estimate of drug-likeness (QED) is 0.912. The van der Waals surface area contributed by atoms with Crippen LogP contribution in [0, 0.1) is 0 Å². The van der Waals surface area contributed by atoms with Gasteiger partial charge in [-0.2, -0.15) is 0 Å². The molecule has 3 rings (SSSR count). The lowest BCUT2D eigenvalue weighted by molar-refractivity contribution is -0.117. The van der Waals surface area contributed by atoms with E-state index in [1.165, 1.54) is 0 Å². The maximum atomic E-state index is 12.2. The van der Waals surface area contributed by atoms with E-state index in [4.69, 9.17) is 4.52 Å². The highest BCUT2D eigenvalue weighted by Gasteiger charge is 2.22. The zero-order valence-corrected chi connectivity index (χ0v) is 15.1. The third kappa shape index (κ3) is 4.12. The zero-order valence-electron chi connectivity index (χ0n) is 14.3. The molecule has 130 valence electrons. The van der Waals surface area contributed by atoms with Crippen LogP contribution in [0.4, 0.5) is 11.0 Å². The van der Waals surface area contributed by atoms with Gasteiger partial charge in [-0.05, 0) is 0 Å². The normalized spacial score (nSPS) is 16.4. The lowest BCUT2D eigenvalue weighted by Gasteiger charge is -2.33. The first kappa shape index (κ1) is 16.9. The first-order valence-electron chi connectivity index (χ1n) is 8.06. The van der Waals surface area contributed by atoms with Crippen LogP contribution >= 0.6 is 11.3 Å². The molecule has 0 bridgehead atoms. The number of rotatable bonds is 4. The lowest BCUT2D eigenvalue weighted by Crippen LogP contribution is -2.48. The number of nitrogens with zero attached hydrogens (tertiary/aromatic N) is 4. The van der Waals surface area contributed by atoms with E-state index in [-0.39, 0.29) is 11.3 Å². The van der Waals surface area contributed by atoms with E-state index in [0.29, 0.717) is 12.4 Å². The highest BCUT2D eigenvalue weighted by atomic mass is 32.1. The van der Waals surface area contributed by atoms with Gasteiger partial charge in [-0.25, -0.2) is 4.98 Å². The molecule has 1 aliphatic rings. The fourth-order valence-corrected chi connectivity index (χ4v) is 3.23. The Kier molecular flexibility index (Phi) is 4.86. The van der Waals surface area contributed by atoms with Crippen LogP contribution in [0.3, 0.4) is 0 Å². The molecular formula is C16H23N5O2S. The number of nitrogens with one attached hydrogen (secondary N) is 1. The van der Waals surface area contributed by atoms with E-state index in [9.17, 15) is 4.79 Å². The molecule has 1 aliphatic heterocycles. The van der Waals surface area contributed by atoms with Gasteiger partial charge in [0.1, 0.15) is 0 Å². The minimum atomic E-state index is -0.0986. The summed E-state index contributed by atoms with van der Waals surface area (Å²) < 4.78 is 5.20. The molecular weight excluding hydrogens is 326 g/mol. The van der Waals surface area contributed by atoms with E-state index in [0.717, 1.165) is 37.0 Å². The number of carbonyl (C=O) groups is 1. The van der Waals surface area contributed by atoms with Crippen LogP contribution in [0.15, 0.2) is 22.2 Å². The molecule has 1 amide bonds. The first-order valence-corrected chi connectivity index (χ1v) is 8.93. The third-order valence-corrected chi connectivity index (χ3v) is 4.80. The number of carbonyl (C=O) groups excluding carboxylic acids is 1. The van der Waals surface area contributed by atoms with Crippen molar-refractivity contribution < 1.29 is 9.32 Å². The second-order valence-corrected chi connectivity index (χ2v) is 7.83. The first-order chi connectivity index (χ1) is 11.4. The Morgan fingerprint density at radius 1 is 1.33 bits per heavy atom. The van der Waals surface area contributed by atoms with Gasteiger partial charge in [-0.15, -0.1) is 11.3 Å². The molecule has 0 atom stereocenters. The van der Waals surface area contributed by atoms with Crippen LogP contribution in [0.1, 0.15) is 26.5 Å².